The molecule has 1 aliphatic heterocycles. The smallest absolute Gasteiger partial charge is 0.254 e. The second-order valence-corrected chi connectivity index (χ2v) is 6.49. The Balaban J connectivity index is 1.94. The van der Waals surface area contributed by atoms with Crippen LogP contribution >= 0.6 is 0 Å². The quantitative estimate of drug-likeness (QED) is 0.742. The summed E-state index contributed by atoms with van der Waals surface area (Å²) in [4.78, 5) is 19.6. The topological polar surface area (TPSA) is 51.0 Å². The van der Waals surface area contributed by atoms with Crippen LogP contribution < -0.4 is 0 Å². The van der Waals surface area contributed by atoms with Crippen LogP contribution in [0.1, 0.15) is 36.7 Å². The third kappa shape index (κ3) is 2.37. The maximum Gasteiger partial charge on any atom is 0.254 e. The van der Waals surface area contributed by atoms with Gasteiger partial charge >= 0.3 is 0 Å². The van der Waals surface area contributed by atoms with E-state index in [1.807, 2.05) is 46.0 Å². The maximum absolute atomic E-state index is 12.9. The van der Waals surface area contributed by atoms with Gasteiger partial charge in [-0.2, -0.15) is 5.10 Å². The Morgan fingerprint density at radius 1 is 1.17 bits per heavy atom. The zero-order valence-electron chi connectivity index (χ0n) is 13.9. The van der Waals surface area contributed by atoms with Crippen LogP contribution in [0.4, 0.5) is 0 Å². The lowest BCUT2D eigenvalue weighted by atomic mass is 10.0. The van der Waals surface area contributed by atoms with Crippen molar-refractivity contribution >= 4 is 16.9 Å². The molecule has 3 aromatic rings. The molecule has 0 bridgehead atoms. The highest BCUT2D eigenvalue weighted by Gasteiger charge is 2.25. The summed E-state index contributed by atoms with van der Waals surface area (Å²) in [5.41, 5.74) is 3.30. The van der Waals surface area contributed by atoms with Gasteiger partial charge in [0.2, 0.25) is 0 Å². The molecule has 1 aliphatic rings. The molecule has 1 fully saturated rings. The predicted octanol–water partition coefficient (Wildman–Crippen LogP) is 3.53. The molecule has 0 N–H and O–H groups in total. The van der Waals surface area contributed by atoms with Crippen molar-refractivity contribution in [1.29, 1.82) is 0 Å². The van der Waals surface area contributed by atoms with Crippen LogP contribution in [0.5, 0.6) is 0 Å². The van der Waals surface area contributed by atoms with E-state index in [2.05, 4.69) is 18.9 Å². The fraction of sp³-hybridized carbons (Fsp3) is 0.316. The number of hydrogen-bond donors (Lipinski definition) is 0. The molecule has 0 radical (unpaired) electrons. The molecule has 1 amide bonds. The number of fused-ring (bicyclic) bond motifs is 1. The first-order chi connectivity index (χ1) is 11.6. The van der Waals surface area contributed by atoms with E-state index in [0.29, 0.717) is 5.56 Å². The molecule has 24 heavy (non-hydrogen) atoms. The largest absolute Gasteiger partial charge is 0.338 e. The Kier molecular flexibility index (Phi) is 3.56. The molecule has 2 aromatic heterocycles. The van der Waals surface area contributed by atoms with Crippen molar-refractivity contribution < 1.29 is 4.79 Å². The first-order valence-corrected chi connectivity index (χ1v) is 8.38. The van der Waals surface area contributed by atoms with E-state index in [-0.39, 0.29) is 11.9 Å². The Hall–Kier alpha value is -2.69. The van der Waals surface area contributed by atoms with Crippen LogP contribution in [0.15, 0.2) is 42.6 Å². The van der Waals surface area contributed by atoms with Gasteiger partial charge < -0.3 is 4.90 Å². The van der Waals surface area contributed by atoms with Crippen LogP contribution in [0.2, 0.25) is 0 Å². The average Bonchev–Trinajstić information content (AvgIpc) is 2.97. The van der Waals surface area contributed by atoms with Gasteiger partial charge in [-0.3, -0.25) is 4.79 Å². The van der Waals surface area contributed by atoms with Crippen molar-refractivity contribution in [2.75, 3.05) is 13.1 Å². The molecular weight excluding hydrogens is 300 g/mol. The first kappa shape index (κ1) is 14.9. The Morgan fingerprint density at radius 2 is 1.92 bits per heavy atom. The Bertz CT molecular complexity index is 894. The highest BCUT2D eigenvalue weighted by molar-refractivity contribution is 6.06. The van der Waals surface area contributed by atoms with E-state index in [0.717, 1.165) is 41.8 Å². The van der Waals surface area contributed by atoms with Gasteiger partial charge in [0.25, 0.3) is 5.91 Å². The molecule has 5 heteroatoms. The van der Waals surface area contributed by atoms with Crippen LogP contribution in [0, 0.1) is 0 Å². The van der Waals surface area contributed by atoms with Gasteiger partial charge in [-0.05, 0) is 26.3 Å². The number of likely N-dealkylation sites (tertiary alicyclic amines) is 1. The minimum Gasteiger partial charge on any atom is -0.338 e. The summed E-state index contributed by atoms with van der Waals surface area (Å²) >= 11 is 0. The summed E-state index contributed by atoms with van der Waals surface area (Å²) in [6.45, 7) is 5.81. The number of carbonyl (C=O) groups excluding carboxylic acids is 1. The van der Waals surface area contributed by atoms with E-state index < -0.39 is 0 Å². The van der Waals surface area contributed by atoms with Gasteiger partial charge in [-0.1, -0.05) is 30.3 Å². The van der Waals surface area contributed by atoms with Crippen molar-refractivity contribution in [2.24, 2.45) is 0 Å². The molecule has 0 spiro atoms. The van der Waals surface area contributed by atoms with Gasteiger partial charge in [0, 0.05) is 24.7 Å². The number of pyridine rings is 1. The van der Waals surface area contributed by atoms with E-state index in [4.69, 9.17) is 4.98 Å². The molecule has 0 unspecified atom stereocenters. The molecule has 122 valence electrons. The number of nitrogens with zero attached hydrogens (tertiary/aromatic N) is 4. The lowest BCUT2D eigenvalue weighted by Gasteiger charge is -2.31. The molecule has 5 nitrogen and oxygen atoms in total. The minimum absolute atomic E-state index is 0.0779. The standard InChI is InChI=1S/C19H20N4O/c1-13(2)23-18-16(12-20-23)15(19(24)22-9-6-10-22)11-17(21-18)14-7-4-3-5-8-14/h3-5,7-8,11-13H,6,9-10H2,1-2H3. The molecule has 0 saturated carbocycles. The molecular formula is C19H20N4O. The Morgan fingerprint density at radius 3 is 2.54 bits per heavy atom. The minimum atomic E-state index is 0.0779. The fourth-order valence-electron chi connectivity index (χ4n) is 3.02. The zero-order valence-corrected chi connectivity index (χ0v) is 13.9. The normalized spacial score (nSPS) is 14.2. The highest BCUT2D eigenvalue weighted by Crippen LogP contribution is 2.28. The molecule has 0 aliphatic carbocycles. The summed E-state index contributed by atoms with van der Waals surface area (Å²) in [7, 11) is 0. The van der Waals surface area contributed by atoms with Crippen LogP contribution in [0.25, 0.3) is 22.3 Å². The van der Waals surface area contributed by atoms with Gasteiger partial charge in [-0.25, -0.2) is 9.67 Å². The maximum atomic E-state index is 12.9. The van der Waals surface area contributed by atoms with Crippen LogP contribution in [-0.2, 0) is 0 Å². The molecule has 0 atom stereocenters. The van der Waals surface area contributed by atoms with Gasteiger partial charge in [0.05, 0.1) is 22.8 Å². The van der Waals surface area contributed by atoms with Gasteiger partial charge in [0.15, 0.2) is 5.65 Å². The average molecular weight is 320 g/mol. The Labute approximate surface area is 140 Å². The van der Waals surface area contributed by atoms with Crippen LogP contribution in [0.3, 0.4) is 0 Å². The number of carbonyl (C=O) groups is 1. The van der Waals surface area contributed by atoms with E-state index >= 15 is 0 Å². The van der Waals surface area contributed by atoms with Crippen molar-refractivity contribution in [2.45, 2.75) is 26.3 Å². The molecule has 1 saturated heterocycles. The van der Waals surface area contributed by atoms with E-state index in [1.165, 1.54) is 0 Å². The van der Waals surface area contributed by atoms with Crippen LogP contribution in [-0.4, -0.2) is 38.7 Å². The van der Waals surface area contributed by atoms with E-state index in [1.54, 1.807) is 6.20 Å². The lowest BCUT2D eigenvalue weighted by Crippen LogP contribution is -2.42. The first-order valence-electron chi connectivity index (χ1n) is 8.38. The molecule has 3 heterocycles. The second kappa shape index (κ2) is 5.74. The van der Waals surface area contributed by atoms with Crippen molar-refractivity contribution in [1.82, 2.24) is 19.7 Å². The monoisotopic (exact) mass is 320 g/mol. The third-order valence-corrected chi connectivity index (χ3v) is 4.50. The number of rotatable bonds is 3. The van der Waals surface area contributed by atoms with Gasteiger partial charge in [0.1, 0.15) is 0 Å². The third-order valence-electron chi connectivity index (χ3n) is 4.50. The van der Waals surface area contributed by atoms with Crippen molar-refractivity contribution in [3.63, 3.8) is 0 Å². The summed E-state index contributed by atoms with van der Waals surface area (Å²) in [5.74, 6) is 0.0779. The van der Waals surface area contributed by atoms with Gasteiger partial charge in [-0.15, -0.1) is 0 Å². The summed E-state index contributed by atoms with van der Waals surface area (Å²) in [6, 6.07) is 12.1. The van der Waals surface area contributed by atoms with Crippen molar-refractivity contribution in [3.8, 4) is 11.3 Å². The number of benzene rings is 1. The summed E-state index contributed by atoms with van der Waals surface area (Å²) in [5, 5.41) is 5.29. The second-order valence-electron chi connectivity index (χ2n) is 6.49. The van der Waals surface area contributed by atoms with E-state index in [9.17, 15) is 4.79 Å². The summed E-state index contributed by atoms with van der Waals surface area (Å²) < 4.78 is 1.88. The fourth-order valence-corrected chi connectivity index (χ4v) is 3.02. The number of amides is 1. The predicted molar refractivity (Wildman–Crippen MR) is 93.9 cm³/mol. The lowest BCUT2D eigenvalue weighted by molar-refractivity contribution is 0.0654. The molecule has 4 rings (SSSR count). The van der Waals surface area contributed by atoms with Crippen molar-refractivity contribution in [3.05, 3.63) is 48.2 Å². The summed E-state index contributed by atoms with van der Waals surface area (Å²) in [6.07, 6.45) is 2.85. The number of hydrogen-bond acceptors (Lipinski definition) is 3. The SMILES string of the molecule is CC(C)n1ncc2c(C(=O)N3CCC3)cc(-c3ccccc3)nc21. The zero-order chi connectivity index (χ0) is 16.7. The highest BCUT2D eigenvalue weighted by atomic mass is 16.2. The molecule has 1 aromatic carbocycles. The number of aromatic nitrogens is 3.